The maximum absolute atomic E-state index is 12.3. The van der Waals surface area contributed by atoms with E-state index in [1.807, 2.05) is 66.7 Å². The molecule has 0 aliphatic carbocycles. The van der Waals surface area contributed by atoms with E-state index in [0.29, 0.717) is 12.3 Å². The van der Waals surface area contributed by atoms with Crippen molar-refractivity contribution in [3.63, 3.8) is 0 Å². The molecule has 3 aromatic carbocycles. The van der Waals surface area contributed by atoms with Gasteiger partial charge < -0.3 is 9.73 Å². The lowest BCUT2D eigenvalue weighted by atomic mass is 10.1. The van der Waals surface area contributed by atoms with Crippen molar-refractivity contribution in [1.29, 1.82) is 0 Å². The first-order valence-electron chi connectivity index (χ1n) is 8.90. The molecule has 0 aliphatic rings. The van der Waals surface area contributed by atoms with Gasteiger partial charge in [0.05, 0.1) is 6.42 Å². The molecule has 0 aliphatic heterocycles. The summed E-state index contributed by atoms with van der Waals surface area (Å²) in [6.45, 7) is 4.12. The third kappa shape index (κ3) is 3.75. The fourth-order valence-corrected chi connectivity index (χ4v) is 3.02. The fraction of sp³-hybridized carbons (Fsp3) is 0.130. The lowest BCUT2D eigenvalue weighted by molar-refractivity contribution is -0.115. The Balaban J connectivity index is 1.56. The molecule has 1 heterocycles. The standard InChI is InChI=1S/C23H20N2O2/c1-15-11-20-21(12-16(15)2)27-23(25-20)18-9-6-10-19(14-18)24-22(26)13-17-7-4-3-5-8-17/h3-12,14H,13H2,1-2H3,(H,24,26). The molecule has 0 unspecified atom stereocenters. The van der Waals surface area contributed by atoms with Crippen LogP contribution >= 0.6 is 0 Å². The Morgan fingerprint density at radius 3 is 2.56 bits per heavy atom. The highest BCUT2D eigenvalue weighted by molar-refractivity contribution is 5.93. The number of hydrogen-bond donors (Lipinski definition) is 1. The van der Waals surface area contributed by atoms with Crippen molar-refractivity contribution in [2.24, 2.45) is 0 Å². The highest BCUT2D eigenvalue weighted by Gasteiger charge is 2.11. The molecule has 1 N–H and O–H groups in total. The molecule has 4 heteroatoms. The number of anilines is 1. The van der Waals surface area contributed by atoms with E-state index in [2.05, 4.69) is 24.1 Å². The molecular formula is C23H20N2O2. The minimum atomic E-state index is -0.0536. The smallest absolute Gasteiger partial charge is 0.228 e. The van der Waals surface area contributed by atoms with Gasteiger partial charge in [0, 0.05) is 11.3 Å². The maximum Gasteiger partial charge on any atom is 0.228 e. The minimum absolute atomic E-state index is 0.0536. The van der Waals surface area contributed by atoms with Gasteiger partial charge in [0.15, 0.2) is 5.58 Å². The SMILES string of the molecule is Cc1cc2nc(-c3cccc(NC(=O)Cc4ccccc4)c3)oc2cc1C. The monoisotopic (exact) mass is 356 g/mol. The Labute approximate surface area is 157 Å². The highest BCUT2D eigenvalue weighted by Crippen LogP contribution is 2.27. The lowest BCUT2D eigenvalue weighted by Gasteiger charge is -2.06. The summed E-state index contributed by atoms with van der Waals surface area (Å²) in [5.74, 6) is 0.497. The third-order valence-electron chi connectivity index (χ3n) is 4.60. The van der Waals surface area contributed by atoms with Gasteiger partial charge in [0.25, 0.3) is 0 Å². The summed E-state index contributed by atoms with van der Waals surface area (Å²) < 4.78 is 5.92. The molecule has 27 heavy (non-hydrogen) atoms. The number of benzene rings is 3. The van der Waals surface area contributed by atoms with Gasteiger partial charge in [0.1, 0.15) is 5.52 Å². The molecule has 0 fully saturated rings. The Bertz CT molecular complexity index is 1070. The molecule has 1 aromatic heterocycles. The van der Waals surface area contributed by atoms with Gasteiger partial charge in [-0.3, -0.25) is 4.79 Å². The molecule has 0 radical (unpaired) electrons. The molecule has 0 spiro atoms. The Morgan fingerprint density at radius 2 is 1.74 bits per heavy atom. The second-order valence-corrected chi connectivity index (χ2v) is 6.71. The number of fused-ring (bicyclic) bond motifs is 1. The molecule has 4 aromatic rings. The van der Waals surface area contributed by atoms with E-state index in [-0.39, 0.29) is 5.91 Å². The first-order valence-corrected chi connectivity index (χ1v) is 8.90. The zero-order valence-electron chi connectivity index (χ0n) is 15.3. The second kappa shape index (κ2) is 7.08. The van der Waals surface area contributed by atoms with Crippen LogP contribution in [0.2, 0.25) is 0 Å². The average molecular weight is 356 g/mol. The van der Waals surface area contributed by atoms with Crippen LogP contribution in [0.25, 0.3) is 22.6 Å². The van der Waals surface area contributed by atoms with Crippen LogP contribution in [-0.4, -0.2) is 10.9 Å². The Morgan fingerprint density at radius 1 is 0.963 bits per heavy atom. The number of carbonyl (C=O) groups excluding carboxylic acids is 1. The van der Waals surface area contributed by atoms with E-state index in [0.717, 1.165) is 27.9 Å². The topological polar surface area (TPSA) is 55.1 Å². The van der Waals surface area contributed by atoms with Crippen LogP contribution in [0, 0.1) is 13.8 Å². The zero-order valence-corrected chi connectivity index (χ0v) is 15.3. The predicted molar refractivity (Wildman–Crippen MR) is 108 cm³/mol. The number of nitrogens with zero attached hydrogens (tertiary/aromatic N) is 1. The van der Waals surface area contributed by atoms with Gasteiger partial charge in [-0.2, -0.15) is 0 Å². The Kier molecular flexibility index (Phi) is 4.47. The highest BCUT2D eigenvalue weighted by atomic mass is 16.3. The van der Waals surface area contributed by atoms with E-state index in [1.165, 1.54) is 11.1 Å². The van der Waals surface area contributed by atoms with Crippen molar-refractivity contribution in [3.8, 4) is 11.5 Å². The molecule has 1 amide bonds. The van der Waals surface area contributed by atoms with Crippen molar-refractivity contribution in [2.45, 2.75) is 20.3 Å². The van der Waals surface area contributed by atoms with E-state index >= 15 is 0 Å². The minimum Gasteiger partial charge on any atom is -0.436 e. The number of rotatable bonds is 4. The largest absolute Gasteiger partial charge is 0.436 e. The van der Waals surface area contributed by atoms with Crippen LogP contribution < -0.4 is 5.32 Å². The predicted octanol–water partition coefficient (Wildman–Crippen LogP) is 5.29. The van der Waals surface area contributed by atoms with Crippen molar-refractivity contribution < 1.29 is 9.21 Å². The molecule has 0 saturated carbocycles. The first-order chi connectivity index (χ1) is 13.1. The second-order valence-electron chi connectivity index (χ2n) is 6.71. The summed E-state index contributed by atoms with van der Waals surface area (Å²) in [5, 5.41) is 2.94. The summed E-state index contributed by atoms with van der Waals surface area (Å²) in [6.07, 6.45) is 0.340. The summed E-state index contributed by atoms with van der Waals surface area (Å²) in [4.78, 5) is 16.9. The molecular weight excluding hydrogens is 336 g/mol. The van der Waals surface area contributed by atoms with Crippen molar-refractivity contribution >= 4 is 22.7 Å². The third-order valence-corrected chi connectivity index (χ3v) is 4.60. The number of aromatic nitrogens is 1. The van der Waals surface area contributed by atoms with E-state index < -0.39 is 0 Å². The number of carbonyl (C=O) groups is 1. The lowest BCUT2D eigenvalue weighted by Crippen LogP contribution is -2.14. The normalized spacial score (nSPS) is 10.9. The zero-order chi connectivity index (χ0) is 18.8. The summed E-state index contributed by atoms with van der Waals surface area (Å²) >= 11 is 0. The van der Waals surface area contributed by atoms with E-state index in [4.69, 9.17) is 4.42 Å². The van der Waals surface area contributed by atoms with Crippen LogP contribution in [-0.2, 0) is 11.2 Å². The summed E-state index contributed by atoms with van der Waals surface area (Å²) in [7, 11) is 0. The molecule has 0 bridgehead atoms. The van der Waals surface area contributed by atoms with Crippen molar-refractivity contribution in [1.82, 2.24) is 4.98 Å². The summed E-state index contributed by atoms with van der Waals surface area (Å²) in [5.41, 5.74) is 6.51. The van der Waals surface area contributed by atoms with Gasteiger partial charge >= 0.3 is 0 Å². The number of hydrogen-bond acceptors (Lipinski definition) is 3. The van der Waals surface area contributed by atoms with Crippen molar-refractivity contribution in [2.75, 3.05) is 5.32 Å². The van der Waals surface area contributed by atoms with Crippen LogP contribution in [0.15, 0.2) is 71.1 Å². The molecule has 0 saturated heterocycles. The Hall–Kier alpha value is -3.40. The molecule has 4 nitrogen and oxygen atoms in total. The number of aryl methyl sites for hydroxylation is 2. The first kappa shape index (κ1) is 17.0. The van der Waals surface area contributed by atoms with Gasteiger partial charge in [-0.1, -0.05) is 36.4 Å². The van der Waals surface area contributed by atoms with Gasteiger partial charge in [-0.05, 0) is 60.9 Å². The number of oxazole rings is 1. The average Bonchev–Trinajstić information content (AvgIpc) is 3.06. The van der Waals surface area contributed by atoms with Crippen LogP contribution in [0.5, 0.6) is 0 Å². The van der Waals surface area contributed by atoms with Crippen molar-refractivity contribution in [3.05, 3.63) is 83.4 Å². The van der Waals surface area contributed by atoms with Crippen LogP contribution in [0.4, 0.5) is 5.69 Å². The fourth-order valence-electron chi connectivity index (χ4n) is 3.02. The summed E-state index contributed by atoms with van der Waals surface area (Å²) in [6, 6.07) is 21.3. The molecule has 4 rings (SSSR count). The van der Waals surface area contributed by atoms with Crippen LogP contribution in [0.1, 0.15) is 16.7 Å². The number of amides is 1. The quantitative estimate of drug-likeness (QED) is 0.540. The maximum atomic E-state index is 12.3. The van der Waals surface area contributed by atoms with E-state index in [9.17, 15) is 4.79 Å². The van der Waals surface area contributed by atoms with Crippen LogP contribution in [0.3, 0.4) is 0 Å². The van der Waals surface area contributed by atoms with Gasteiger partial charge in [-0.15, -0.1) is 0 Å². The van der Waals surface area contributed by atoms with Gasteiger partial charge in [0.2, 0.25) is 11.8 Å². The number of nitrogens with one attached hydrogen (secondary N) is 1. The molecule has 0 atom stereocenters. The van der Waals surface area contributed by atoms with Gasteiger partial charge in [-0.25, -0.2) is 4.98 Å². The van der Waals surface area contributed by atoms with E-state index in [1.54, 1.807) is 0 Å². The molecule has 134 valence electrons.